The summed E-state index contributed by atoms with van der Waals surface area (Å²) in [4.78, 5) is 21.7. The van der Waals surface area contributed by atoms with Crippen molar-refractivity contribution in [3.63, 3.8) is 0 Å². The van der Waals surface area contributed by atoms with Crippen molar-refractivity contribution < 1.29 is 19.2 Å². The lowest BCUT2D eigenvalue weighted by atomic mass is 9.84. The average Bonchev–Trinajstić information content (AvgIpc) is 2.42. The molecule has 6 nitrogen and oxygen atoms in total. The predicted molar refractivity (Wildman–Crippen MR) is 77.8 cm³/mol. The fourth-order valence-corrected chi connectivity index (χ4v) is 2.93. The summed E-state index contributed by atoms with van der Waals surface area (Å²) < 4.78 is 13.6. The van der Waals surface area contributed by atoms with E-state index < -0.39 is 28.7 Å². The van der Waals surface area contributed by atoms with E-state index >= 15 is 0 Å². The minimum Gasteiger partial charge on any atom is -0.481 e. The smallest absolute Gasteiger partial charge is 0.308 e. The number of hydrogen-bond acceptors (Lipinski definition) is 4. The number of rotatable bonds is 4. The molecule has 114 valence electrons. The van der Waals surface area contributed by atoms with Crippen LogP contribution in [0.15, 0.2) is 16.6 Å². The number of carboxylic acid groups (broad SMARTS) is 1. The van der Waals surface area contributed by atoms with Crippen molar-refractivity contribution in [2.45, 2.75) is 31.7 Å². The van der Waals surface area contributed by atoms with E-state index in [2.05, 4.69) is 21.2 Å². The van der Waals surface area contributed by atoms with Crippen molar-refractivity contribution in [3.8, 4) is 0 Å². The Hall–Kier alpha value is -1.70. The van der Waals surface area contributed by atoms with Crippen LogP contribution in [0.5, 0.6) is 0 Å². The number of nitro groups is 1. The zero-order valence-corrected chi connectivity index (χ0v) is 12.6. The third-order valence-corrected chi connectivity index (χ3v) is 4.27. The number of nitrogens with zero attached hydrogens (tertiary/aromatic N) is 1. The lowest BCUT2D eigenvalue weighted by Gasteiger charge is -2.29. The molecule has 0 bridgehead atoms. The number of aliphatic carboxylic acids is 1. The van der Waals surface area contributed by atoms with Gasteiger partial charge in [-0.15, -0.1) is 0 Å². The molecule has 0 radical (unpaired) electrons. The molecule has 2 atom stereocenters. The molecule has 2 N–H and O–H groups in total. The molecule has 0 aliphatic heterocycles. The Kier molecular flexibility index (Phi) is 4.76. The molecule has 8 heteroatoms. The van der Waals surface area contributed by atoms with Crippen LogP contribution in [-0.2, 0) is 4.79 Å². The highest BCUT2D eigenvalue weighted by molar-refractivity contribution is 9.10. The number of halogens is 2. The van der Waals surface area contributed by atoms with Crippen LogP contribution in [0.3, 0.4) is 0 Å². The molecule has 2 unspecified atom stereocenters. The van der Waals surface area contributed by atoms with Gasteiger partial charge >= 0.3 is 5.97 Å². The normalized spacial score (nSPS) is 21.8. The number of hydrogen-bond donors (Lipinski definition) is 2. The van der Waals surface area contributed by atoms with Gasteiger partial charge in [-0.2, -0.15) is 0 Å². The summed E-state index contributed by atoms with van der Waals surface area (Å²) in [7, 11) is 0. The van der Waals surface area contributed by atoms with Gasteiger partial charge in [-0.25, -0.2) is 4.39 Å². The molecule has 1 aromatic carbocycles. The maximum Gasteiger partial charge on any atom is 0.308 e. The third kappa shape index (κ3) is 3.49. The first-order chi connectivity index (χ1) is 9.90. The van der Waals surface area contributed by atoms with Crippen molar-refractivity contribution in [1.82, 2.24) is 0 Å². The fraction of sp³-hybridized carbons (Fsp3) is 0.462. The molecular weight excluding hydrogens is 347 g/mol. The molecule has 21 heavy (non-hydrogen) atoms. The van der Waals surface area contributed by atoms with E-state index in [1.54, 1.807) is 0 Å². The highest BCUT2D eigenvalue weighted by Crippen LogP contribution is 2.34. The Labute approximate surface area is 128 Å². The molecule has 1 aliphatic carbocycles. The lowest BCUT2D eigenvalue weighted by Crippen LogP contribution is -2.37. The topological polar surface area (TPSA) is 92.5 Å². The van der Waals surface area contributed by atoms with Gasteiger partial charge < -0.3 is 10.4 Å². The number of nitro benzene ring substituents is 1. The maximum absolute atomic E-state index is 13.6. The zero-order chi connectivity index (χ0) is 15.6. The summed E-state index contributed by atoms with van der Waals surface area (Å²) in [5.74, 6) is -2.19. The summed E-state index contributed by atoms with van der Waals surface area (Å²) in [6.07, 6.45) is 2.76. The third-order valence-electron chi connectivity index (χ3n) is 3.66. The standard InChI is InChI=1S/C13H14BrFN2O4/c14-8-5-12(17(20)21)11(6-9(8)15)16-10-4-2-1-3-7(10)13(18)19/h5-7,10,16H,1-4H2,(H,18,19). The number of carbonyl (C=O) groups is 1. The first-order valence-corrected chi connectivity index (χ1v) is 7.32. The quantitative estimate of drug-likeness (QED) is 0.632. The molecule has 0 spiro atoms. The van der Waals surface area contributed by atoms with Crippen LogP contribution in [-0.4, -0.2) is 22.0 Å². The van der Waals surface area contributed by atoms with Crippen LogP contribution >= 0.6 is 15.9 Å². The van der Waals surface area contributed by atoms with Crippen molar-refractivity contribution >= 4 is 33.3 Å². The van der Waals surface area contributed by atoms with Gasteiger partial charge in [-0.1, -0.05) is 12.8 Å². The highest BCUT2D eigenvalue weighted by Gasteiger charge is 2.32. The predicted octanol–water partition coefficient (Wildman–Crippen LogP) is 3.55. The van der Waals surface area contributed by atoms with Crippen LogP contribution < -0.4 is 5.32 Å². The van der Waals surface area contributed by atoms with Crippen LogP contribution in [0, 0.1) is 21.8 Å². The molecule has 1 saturated carbocycles. The summed E-state index contributed by atoms with van der Waals surface area (Å²) >= 11 is 2.91. The van der Waals surface area contributed by atoms with Gasteiger partial charge in [0.2, 0.25) is 0 Å². The van der Waals surface area contributed by atoms with E-state index in [1.165, 1.54) is 0 Å². The second kappa shape index (κ2) is 6.38. The van der Waals surface area contributed by atoms with Crippen LogP contribution in [0.25, 0.3) is 0 Å². The van der Waals surface area contributed by atoms with Gasteiger partial charge in [-0.3, -0.25) is 14.9 Å². The van der Waals surface area contributed by atoms with E-state index in [4.69, 9.17) is 0 Å². The van der Waals surface area contributed by atoms with Gasteiger partial charge in [0.25, 0.3) is 5.69 Å². The summed E-state index contributed by atoms with van der Waals surface area (Å²) in [5, 5.41) is 23.1. The zero-order valence-electron chi connectivity index (χ0n) is 11.0. The lowest BCUT2D eigenvalue weighted by molar-refractivity contribution is -0.384. The first-order valence-electron chi connectivity index (χ1n) is 6.53. The second-order valence-corrected chi connectivity index (χ2v) is 5.87. The molecule has 0 saturated heterocycles. The Bertz CT molecular complexity index is 582. The second-order valence-electron chi connectivity index (χ2n) is 5.02. The minimum absolute atomic E-state index is 0.00169. The van der Waals surface area contributed by atoms with Crippen LogP contribution in [0.2, 0.25) is 0 Å². The van der Waals surface area contributed by atoms with E-state index in [0.29, 0.717) is 12.8 Å². The van der Waals surface area contributed by atoms with Crippen molar-refractivity contribution in [3.05, 3.63) is 32.5 Å². The molecule has 0 heterocycles. The number of carboxylic acids is 1. The average molecular weight is 361 g/mol. The SMILES string of the molecule is O=C(O)C1CCCCC1Nc1cc(F)c(Br)cc1[N+](=O)[O-]. The Morgan fingerprint density at radius 1 is 1.43 bits per heavy atom. The van der Waals surface area contributed by atoms with Crippen molar-refractivity contribution in [1.29, 1.82) is 0 Å². The number of benzene rings is 1. The van der Waals surface area contributed by atoms with Gasteiger partial charge in [0.1, 0.15) is 11.5 Å². The van der Waals surface area contributed by atoms with E-state index in [-0.39, 0.29) is 15.8 Å². The van der Waals surface area contributed by atoms with Gasteiger partial charge in [0.05, 0.1) is 15.3 Å². The van der Waals surface area contributed by atoms with E-state index in [9.17, 15) is 24.4 Å². The molecule has 0 amide bonds. The summed E-state index contributed by atoms with van der Waals surface area (Å²) in [6.45, 7) is 0. The Morgan fingerprint density at radius 2 is 2.10 bits per heavy atom. The van der Waals surface area contributed by atoms with Gasteiger partial charge in [0, 0.05) is 18.2 Å². The maximum atomic E-state index is 13.6. The number of anilines is 1. The van der Waals surface area contributed by atoms with E-state index in [0.717, 1.165) is 25.0 Å². The fourth-order valence-electron chi connectivity index (χ4n) is 2.60. The van der Waals surface area contributed by atoms with Crippen LogP contribution in [0.1, 0.15) is 25.7 Å². The summed E-state index contributed by atoms with van der Waals surface area (Å²) in [6, 6.07) is 1.67. The molecule has 1 aromatic rings. The summed E-state index contributed by atoms with van der Waals surface area (Å²) in [5.41, 5.74) is -0.267. The molecular formula is C13H14BrFN2O4. The largest absolute Gasteiger partial charge is 0.481 e. The van der Waals surface area contributed by atoms with Crippen molar-refractivity contribution in [2.75, 3.05) is 5.32 Å². The van der Waals surface area contributed by atoms with Gasteiger partial charge in [0.15, 0.2) is 0 Å². The molecule has 2 rings (SSSR count). The van der Waals surface area contributed by atoms with Gasteiger partial charge in [-0.05, 0) is 28.8 Å². The molecule has 0 aromatic heterocycles. The minimum atomic E-state index is -0.938. The van der Waals surface area contributed by atoms with E-state index in [1.807, 2.05) is 0 Å². The monoisotopic (exact) mass is 360 g/mol. The first kappa shape index (κ1) is 15.7. The molecule has 1 aliphatic rings. The highest BCUT2D eigenvalue weighted by atomic mass is 79.9. The number of nitrogens with one attached hydrogen (secondary N) is 1. The van der Waals surface area contributed by atoms with Crippen molar-refractivity contribution in [2.24, 2.45) is 5.92 Å². The van der Waals surface area contributed by atoms with Crippen LogP contribution in [0.4, 0.5) is 15.8 Å². The Balaban J connectivity index is 2.31. The molecule has 1 fully saturated rings. The Morgan fingerprint density at radius 3 is 2.71 bits per heavy atom.